The van der Waals surface area contributed by atoms with E-state index in [2.05, 4.69) is 15.3 Å². The molecule has 1 heterocycles. The van der Waals surface area contributed by atoms with Crippen LogP contribution in [0.3, 0.4) is 0 Å². The zero-order valence-electron chi connectivity index (χ0n) is 11.3. The number of nitrogens with zero attached hydrogens (tertiary/aromatic N) is 3. The molecular weight excluding hydrogens is 276 g/mol. The molecule has 0 aliphatic heterocycles. The molecule has 0 spiro atoms. The van der Waals surface area contributed by atoms with Crippen molar-refractivity contribution in [3.8, 4) is 0 Å². The average Bonchev–Trinajstić information content (AvgIpc) is 2.45. The van der Waals surface area contributed by atoms with E-state index in [0.717, 1.165) is 5.69 Å². The van der Waals surface area contributed by atoms with Crippen molar-refractivity contribution in [1.82, 2.24) is 15.3 Å². The van der Waals surface area contributed by atoms with E-state index in [9.17, 15) is 4.79 Å². The molecule has 0 bridgehead atoms. The summed E-state index contributed by atoms with van der Waals surface area (Å²) in [4.78, 5) is 22.2. The van der Waals surface area contributed by atoms with Crippen molar-refractivity contribution in [1.29, 1.82) is 0 Å². The van der Waals surface area contributed by atoms with Gasteiger partial charge in [0.05, 0.1) is 12.2 Å². The van der Waals surface area contributed by atoms with Crippen LogP contribution in [0.15, 0.2) is 36.5 Å². The Morgan fingerprint density at radius 3 is 2.85 bits per heavy atom. The lowest BCUT2D eigenvalue weighted by Gasteiger charge is -2.11. The largest absolute Gasteiger partial charge is 0.347 e. The molecule has 0 saturated carbocycles. The lowest BCUT2D eigenvalue weighted by Crippen LogP contribution is -2.24. The number of halogens is 1. The van der Waals surface area contributed by atoms with Crippen molar-refractivity contribution >= 4 is 23.5 Å². The van der Waals surface area contributed by atoms with Crippen molar-refractivity contribution in [3.05, 3.63) is 52.8 Å². The van der Waals surface area contributed by atoms with E-state index in [4.69, 9.17) is 11.6 Å². The Hall–Kier alpha value is -2.14. The Morgan fingerprint density at radius 1 is 1.35 bits per heavy atom. The smallest absolute Gasteiger partial charge is 0.251 e. The van der Waals surface area contributed by atoms with Gasteiger partial charge in [0.1, 0.15) is 0 Å². The predicted octanol–water partition coefficient (Wildman–Crippen LogP) is 2.13. The summed E-state index contributed by atoms with van der Waals surface area (Å²) >= 11 is 5.86. The van der Waals surface area contributed by atoms with Crippen LogP contribution >= 0.6 is 11.6 Å². The molecule has 0 radical (unpaired) electrons. The van der Waals surface area contributed by atoms with Crippen LogP contribution in [0.5, 0.6) is 0 Å². The number of hydrogen-bond acceptors (Lipinski definition) is 4. The average molecular weight is 291 g/mol. The highest BCUT2D eigenvalue weighted by molar-refractivity contribution is 6.30. The van der Waals surface area contributed by atoms with Crippen LogP contribution in [0.2, 0.25) is 5.02 Å². The van der Waals surface area contributed by atoms with Crippen LogP contribution in [-0.4, -0.2) is 30.0 Å². The van der Waals surface area contributed by atoms with Crippen molar-refractivity contribution in [2.75, 3.05) is 19.0 Å². The van der Waals surface area contributed by atoms with Crippen molar-refractivity contribution < 1.29 is 4.79 Å². The molecule has 5 nitrogen and oxygen atoms in total. The molecule has 0 fully saturated rings. The third kappa shape index (κ3) is 3.68. The molecular formula is C14H15ClN4O. The number of anilines is 1. The first-order chi connectivity index (χ1) is 9.56. The summed E-state index contributed by atoms with van der Waals surface area (Å²) < 4.78 is 0. The van der Waals surface area contributed by atoms with Gasteiger partial charge in [-0.1, -0.05) is 17.7 Å². The fourth-order valence-electron chi connectivity index (χ4n) is 1.60. The molecule has 1 aromatic carbocycles. The minimum absolute atomic E-state index is 0.183. The first-order valence-electron chi connectivity index (χ1n) is 6.09. The highest BCUT2D eigenvalue weighted by Crippen LogP contribution is 2.10. The maximum absolute atomic E-state index is 12.0. The van der Waals surface area contributed by atoms with Gasteiger partial charge >= 0.3 is 0 Å². The number of hydrogen-bond donors (Lipinski definition) is 1. The molecule has 20 heavy (non-hydrogen) atoms. The van der Waals surface area contributed by atoms with E-state index in [-0.39, 0.29) is 5.91 Å². The Kier molecular flexibility index (Phi) is 4.53. The molecule has 0 aliphatic carbocycles. The van der Waals surface area contributed by atoms with Crippen LogP contribution in [0.4, 0.5) is 5.95 Å². The monoisotopic (exact) mass is 290 g/mol. The Balaban J connectivity index is 2.02. The summed E-state index contributed by atoms with van der Waals surface area (Å²) in [5, 5.41) is 3.34. The second-order valence-electron chi connectivity index (χ2n) is 4.44. The summed E-state index contributed by atoms with van der Waals surface area (Å²) in [6.07, 6.45) is 1.67. The Labute approximate surface area is 122 Å². The molecule has 1 amide bonds. The number of rotatable bonds is 4. The topological polar surface area (TPSA) is 58.1 Å². The van der Waals surface area contributed by atoms with Crippen LogP contribution in [0.25, 0.3) is 0 Å². The molecule has 2 aromatic rings. The molecule has 2 rings (SSSR count). The zero-order chi connectivity index (χ0) is 14.5. The highest BCUT2D eigenvalue weighted by Gasteiger charge is 2.07. The maximum atomic E-state index is 12.0. The van der Waals surface area contributed by atoms with Gasteiger partial charge in [-0.25, -0.2) is 9.97 Å². The summed E-state index contributed by atoms with van der Waals surface area (Å²) in [6.45, 7) is 0.342. The minimum atomic E-state index is -0.183. The van der Waals surface area contributed by atoms with E-state index in [1.54, 1.807) is 36.5 Å². The molecule has 1 N–H and O–H groups in total. The lowest BCUT2D eigenvalue weighted by molar-refractivity contribution is 0.0950. The summed E-state index contributed by atoms with van der Waals surface area (Å²) in [5.41, 5.74) is 1.28. The zero-order valence-corrected chi connectivity index (χ0v) is 12.1. The van der Waals surface area contributed by atoms with Gasteiger partial charge in [-0.05, 0) is 24.3 Å². The van der Waals surface area contributed by atoms with Gasteiger partial charge in [-0.2, -0.15) is 0 Å². The molecule has 1 aromatic heterocycles. The maximum Gasteiger partial charge on any atom is 0.251 e. The van der Waals surface area contributed by atoms with E-state index in [1.165, 1.54) is 0 Å². The molecule has 104 valence electrons. The van der Waals surface area contributed by atoms with Gasteiger partial charge in [0.15, 0.2) is 0 Å². The predicted molar refractivity (Wildman–Crippen MR) is 79.0 cm³/mol. The Bertz CT molecular complexity index is 616. The van der Waals surface area contributed by atoms with E-state index < -0.39 is 0 Å². The second-order valence-corrected chi connectivity index (χ2v) is 4.87. The van der Waals surface area contributed by atoms with Crippen LogP contribution in [-0.2, 0) is 6.54 Å². The number of benzene rings is 1. The van der Waals surface area contributed by atoms with Crippen LogP contribution in [0, 0.1) is 0 Å². The summed E-state index contributed by atoms with van der Waals surface area (Å²) in [7, 11) is 3.73. The quantitative estimate of drug-likeness (QED) is 0.937. The van der Waals surface area contributed by atoms with Crippen molar-refractivity contribution in [2.24, 2.45) is 0 Å². The highest BCUT2D eigenvalue weighted by atomic mass is 35.5. The summed E-state index contributed by atoms with van der Waals surface area (Å²) in [5.74, 6) is 0.428. The third-order valence-electron chi connectivity index (χ3n) is 2.62. The lowest BCUT2D eigenvalue weighted by atomic mass is 10.2. The standard InChI is InChI=1S/C14H15ClN4O/c1-19(2)14-16-7-6-12(18-14)9-17-13(20)10-4-3-5-11(15)8-10/h3-8H,9H2,1-2H3,(H,17,20). The van der Waals surface area contributed by atoms with Gasteiger partial charge in [-0.3, -0.25) is 4.79 Å². The number of carbonyl (C=O) groups is 1. The van der Waals surface area contributed by atoms with E-state index in [0.29, 0.717) is 23.1 Å². The number of carbonyl (C=O) groups excluding carboxylic acids is 1. The summed E-state index contributed by atoms with van der Waals surface area (Å²) in [6, 6.07) is 8.58. The van der Waals surface area contributed by atoms with Gasteiger partial charge in [0.2, 0.25) is 5.95 Å². The van der Waals surface area contributed by atoms with Gasteiger partial charge in [0.25, 0.3) is 5.91 Å². The van der Waals surface area contributed by atoms with Crippen LogP contribution < -0.4 is 10.2 Å². The van der Waals surface area contributed by atoms with E-state index >= 15 is 0 Å². The number of nitrogens with one attached hydrogen (secondary N) is 1. The molecule has 0 saturated heterocycles. The van der Waals surface area contributed by atoms with Crippen LogP contribution in [0.1, 0.15) is 16.1 Å². The number of aromatic nitrogens is 2. The SMILES string of the molecule is CN(C)c1nccc(CNC(=O)c2cccc(Cl)c2)n1. The normalized spacial score (nSPS) is 10.2. The fraction of sp³-hybridized carbons (Fsp3) is 0.214. The third-order valence-corrected chi connectivity index (χ3v) is 2.85. The van der Waals surface area contributed by atoms with Gasteiger partial charge in [-0.15, -0.1) is 0 Å². The van der Waals surface area contributed by atoms with Crippen molar-refractivity contribution in [3.63, 3.8) is 0 Å². The fourth-order valence-corrected chi connectivity index (χ4v) is 1.79. The second kappa shape index (κ2) is 6.34. The first kappa shape index (κ1) is 14.3. The van der Waals surface area contributed by atoms with Gasteiger partial charge in [0, 0.05) is 30.9 Å². The molecule has 0 atom stereocenters. The van der Waals surface area contributed by atoms with Crippen molar-refractivity contribution in [2.45, 2.75) is 6.54 Å². The first-order valence-corrected chi connectivity index (χ1v) is 6.47. The molecule has 0 unspecified atom stereocenters. The van der Waals surface area contributed by atoms with E-state index in [1.807, 2.05) is 19.0 Å². The minimum Gasteiger partial charge on any atom is -0.347 e. The Morgan fingerprint density at radius 2 is 2.15 bits per heavy atom. The number of amides is 1. The molecule has 0 aliphatic rings. The molecule has 6 heteroatoms. The van der Waals surface area contributed by atoms with Gasteiger partial charge < -0.3 is 10.2 Å².